The summed E-state index contributed by atoms with van der Waals surface area (Å²) in [7, 11) is 3.01. The van der Waals surface area contributed by atoms with Crippen molar-refractivity contribution in [1.29, 1.82) is 0 Å². The highest BCUT2D eigenvalue weighted by molar-refractivity contribution is 6.76. The number of halogens is 1. The molecule has 1 atom stereocenters. The van der Waals surface area contributed by atoms with E-state index in [2.05, 4.69) is 55.8 Å². The second-order valence-corrected chi connectivity index (χ2v) is 16.7. The van der Waals surface area contributed by atoms with Gasteiger partial charge in [-0.1, -0.05) is 49.4 Å². The van der Waals surface area contributed by atoms with Crippen LogP contribution in [0.2, 0.25) is 30.7 Å². The van der Waals surface area contributed by atoms with Gasteiger partial charge in [0.05, 0.1) is 12.3 Å². The first-order valence-electron chi connectivity index (χ1n) is 12.4. The van der Waals surface area contributed by atoms with Crippen molar-refractivity contribution in [2.75, 3.05) is 40.5 Å². The molecule has 3 aromatic rings. The number of hydrogen-bond donors (Lipinski definition) is 1. The van der Waals surface area contributed by atoms with Crippen molar-refractivity contribution in [2.24, 2.45) is 0 Å². The quantitative estimate of drug-likeness (QED) is 0.167. The molecule has 0 saturated heterocycles. The molecule has 0 saturated carbocycles. The topological polar surface area (TPSA) is 46.7 Å². The minimum absolute atomic E-state index is 0.179. The summed E-state index contributed by atoms with van der Waals surface area (Å²) in [5.41, 5.74) is 5.08. The Morgan fingerprint density at radius 2 is 1.74 bits per heavy atom. The van der Waals surface area contributed by atoms with E-state index in [9.17, 15) is 0 Å². The zero-order valence-electron chi connectivity index (χ0n) is 21.5. The second-order valence-electron chi connectivity index (χ2n) is 10.7. The van der Waals surface area contributed by atoms with E-state index in [-0.39, 0.29) is 6.10 Å². The van der Waals surface area contributed by atoms with E-state index in [0.29, 0.717) is 18.2 Å². The Kier molecular flexibility index (Phi) is 8.40. The van der Waals surface area contributed by atoms with E-state index in [4.69, 9.17) is 25.8 Å². The number of aromatic amines is 1. The van der Waals surface area contributed by atoms with Crippen LogP contribution in [-0.4, -0.2) is 58.4 Å². The largest absolute Gasteiger partial charge is 0.456 e. The van der Waals surface area contributed by atoms with Crippen LogP contribution in [0.1, 0.15) is 18.2 Å². The van der Waals surface area contributed by atoms with Crippen molar-refractivity contribution in [2.45, 2.75) is 38.2 Å². The Morgan fingerprint density at radius 3 is 2.51 bits per heavy atom. The van der Waals surface area contributed by atoms with Crippen LogP contribution in [0.5, 0.6) is 11.5 Å². The third kappa shape index (κ3) is 6.77. The molecule has 0 spiro atoms. The van der Waals surface area contributed by atoms with E-state index >= 15 is 0 Å². The predicted octanol–water partition coefficient (Wildman–Crippen LogP) is 7.47. The average Bonchev–Trinajstić information content (AvgIpc) is 3.18. The summed E-state index contributed by atoms with van der Waals surface area (Å²) >= 11 is 6.39. The summed E-state index contributed by atoms with van der Waals surface area (Å²) in [5, 5.41) is 0.673. The van der Waals surface area contributed by atoms with Crippen LogP contribution in [0.15, 0.2) is 48.5 Å². The zero-order chi connectivity index (χ0) is 25.0. The van der Waals surface area contributed by atoms with Crippen LogP contribution in [-0.2, 0) is 9.47 Å². The molecule has 5 nitrogen and oxygen atoms in total. The summed E-state index contributed by atoms with van der Waals surface area (Å²) in [6.07, 6.45) is 0.787. The van der Waals surface area contributed by atoms with Crippen molar-refractivity contribution in [3.63, 3.8) is 0 Å². The normalized spacial score (nSPS) is 13.6. The number of hydrogen-bond acceptors (Lipinski definition) is 4. The molecule has 4 rings (SSSR count). The molecule has 1 aliphatic rings. The van der Waals surface area contributed by atoms with Crippen LogP contribution in [0.25, 0.3) is 22.4 Å². The van der Waals surface area contributed by atoms with Crippen LogP contribution in [0, 0.1) is 0 Å². The molecule has 0 amide bonds. The highest BCUT2D eigenvalue weighted by Crippen LogP contribution is 2.47. The van der Waals surface area contributed by atoms with Crippen LogP contribution in [0.3, 0.4) is 0 Å². The minimum atomic E-state index is -1.16. The zero-order valence-corrected chi connectivity index (χ0v) is 23.2. The smallest absolute Gasteiger partial charge is 0.136 e. The molecule has 35 heavy (non-hydrogen) atoms. The molecule has 1 aromatic heterocycles. The first kappa shape index (κ1) is 26.0. The van der Waals surface area contributed by atoms with E-state index in [1.807, 2.05) is 36.4 Å². The highest BCUT2D eigenvalue weighted by atomic mass is 35.5. The summed E-state index contributed by atoms with van der Waals surface area (Å²) < 4.78 is 18.8. The van der Waals surface area contributed by atoms with E-state index in [1.165, 1.54) is 0 Å². The molecule has 2 heterocycles. The van der Waals surface area contributed by atoms with Gasteiger partial charge in [-0.15, -0.1) is 0 Å². The standard InChI is InChI=1S/C28H37ClN2O3Si/c1-31(2)13-8-14-33-27(19-32-15-16-35(3,4)5)24-18-22-21-9-6-7-10-25(21)34-26-12-11-20(29)17-23(26)28(22)30-24/h6-7,9-12,17-18,27,30H,8,13-16,19H2,1-5H3. The monoisotopic (exact) mass is 512 g/mol. The van der Waals surface area contributed by atoms with Crippen molar-refractivity contribution in [1.82, 2.24) is 9.88 Å². The van der Waals surface area contributed by atoms with Gasteiger partial charge in [-0.25, -0.2) is 0 Å². The third-order valence-electron chi connectivity index (χ3n) is 6.13. The molecule has 0 bridgehead atoms. The number of benzene rings is 2. The van der Waals surface area contributed by atoms with Crippen LogP contribution < -0.4 is 4.74 Å². The van der Waals surface area contributed by atoms with E-state index < -0.39 is 8.07 Å². The number of ether oxygens (including phenoxy) is 3. The molecule has 7 heteroatoms. The van der Waals surface area contributed by atoms with Gasteiger partial charge in [0.1, 0.15) is 17.6 Å². The lowest BCUT2D eigenvalue weighted by atomic mass is 10.0. The van der Waals surface area contributed by atoms with Crippen molar-refractivity contribution >= 4 is 19.7 Å². The van der Waals surface area contributed by atoms with Gasteiger partial charge in [0, 0.05) is 48.7 Å². The summed E-state index contributed by atoms with van der Waals surface area (Å²) in [5.74, 6) is 1.61. The number of nitrogens with one attached hydrogen (secondary N) is 1. The molecule has 2 aromatic carbocycles. The fourth-order valence-electron chi connectivity index (χ4n) is 4.16. The predicted molar refractivity (Wildman–Crippen MR) is 148 cm³/mol. The lowest BCUT2D eigenvalue weighted by Gasteiger charge is -2.20. The second kappa shape index (κ2) is 11.3. The Morgan fingerprint density at radius 1 is 0.971 bits per heavy atom. The molecule has 1 N–H and O–H groups in total. The Labute approximate surface area is 215 Å². The number of rotatable bonds is 11. The van der Waals surface area contributed by atoms with Gasteiger partial charge in [0.25, 0.3) is 0 Å². The van der Waals surface area contributed by atoms with Crippen LogP contribution >= 0.6 is 11.6 Å². The average molecular weight is 513 g/mol. The van der Waals surface area contributed by atoms with Gasteiger partial charge in [-0.3, -0.25) is 0 Å². The number of nitrogens with zero attached hydrogens (tertiary/aromatic N) is 1. The SMILES string of the molecule is CN(C)CCCOC(COCC[Si](C)(C)C)c1cc2c([nH]1)-c1cc(Cl)ccc1Oc1ccccc1-2. The minimum Gasteiger partial charge on any atom is -0.456 e. The molecule has 1 aliphatic heterocycles. The van der Waals surface area contributed by atoms with Gasteiger partial charge in [0.2, 0.25) is 0 Å². The summed E-state index contributed by atoms with van der Waals surface area (Å²) in [6, 6.07) is 17.2. The molecule has 0 fully saturated rings. The maximum Gasteiger partial charge on any atom is 0.136 e. The first-order chi connectivity index (χ1) is 16.7. The van der Waals surface area contributed by atoms with Crippen molar-refractivity contribution in [3.8, 4) is 33.9 Å². The molecular weight excluding hydrogens is 476 g/mol. The third-order valence-corrected chi connectivity index (χ3v) is 8.07. The van der Waals surface area contributed by atoms with Gasteiger partial charge in [-0.05, 0) is 63.4 Å². The first-order valence-corrected chi connectivity index (χ1v) is 16.4. The van der Waals surface area contributed by atoms with Gasteiger partial charge in [-0.2, -0.15) is 0 Å². The highest BCUT2D eigenvalue weighted by Gasteiger charge is 2.26. The fraction of sp³-hybridized carbons (Fsp3) is 0.429. The maximum atomic E-state index is 6.39. The van der Waals surface area contributed by atoms with Gasteiger partial charge >= 0.3 is 0 Å². The van der Waals surface area contributed by atoms with Crippen molar-refractivity contribution in [3.05, 3.63) is 59.2 Å². The Hall–Kier alpha value is -2.09. The Bertz CT molecular complexity index is 1140. The van der Waals surface area contributed by atoms with E-state index in [0.717, 1.165) is 65.2 Å². The summed E-state index contributed by atoms with van der Waals surface area (Å²) in [6.45, 7) is 10.1. The molecular formula is C28H37ClN2O3Si. The van der Waals surface area contributed by atoms with Crippen LogP contribution in [0.4, 0.5) is 0 Å². The number of para-hydroxylation sites is 1. The fourth-order valence-corrected chi connectivity index (χ4v) is 5.09. The molecule has 1 unspecified atom stereocenters. The van der Waals surface area contributed by atoms with E-state index in [1.54, 1.807) is 0 Å². The molecule has 0 aliphatic carbocycles. The molecule has 0 radical (unpaired) electrons. The van der Waals surface area contributed by atoms with Crippen molar-refractivity contribution < 1.29 is 14.2 Å². The Balaban J connectivity index is 1.65. The van der Waals surface area contributed by atoms with Gasteiger partial charge in [0.15, 0.2) is 0 Å². The number of fused-ring (bicyclic) bond motifs is 5. The van der Waals surface area contributed by atoms with Gasteiger partial charge < -0.3 is 24.1 Å². The summed E-state index contributed by atoms with van der Waals surface area (Å²) in [4.78, 5) is 5.84. The number of aromatic nitrogens is 1. The maximum absolute atomic E-state index is 6.39. The number of H-pyrrole nitrogens is 1. The molecule has 188 valence electrons. The lowest BCUT2D eigenvalue weighted by molar-refractivity contribution is -0.0190. The lowest BCUT2D eigenvalue weighted by Crippen LogP contribution is -2.23.